The molecule has 0 aliphatic carbocycles. The van der Waals surface area contributed by atoms with Crippen molar-refractivity contribution in [2.45, 2.75) is 6.92 Å². The molecule has 0 bridgehead atoms. The third kappa shape index (κ3) is 1.62. The lowest BCUT2D eigenvalue weighted by Crippen LogP contribution is -2.03. The first-order chi connectivity index (χ1) is 7.49. The number of aryl methyl sites for hydroxylation is 1. The van der Waals surface area contributed by atoms with Crippen LogP contribution in [0.2, 0.25) is 0 Å². The van der Waals surface area contributed by atoms with Crippen molar-refractivity contribution in [1.29, 1.82) is 0 Å². The van der Waals surface area contributed by atoms with Crippen LogP contribution in [0.15, 0.2) is 18.3 Å². The van der Waals surface area contributed by atoms with Gasteiger partial charge in [0.15, 0.2) is 11.6 Å². The van der Waals surface area contributed by atoms with Gasteiger partial charge in [-0.3, -0.25) is 4.57 Å². The molecule has 0 aliphatic rings. The van der Waals surface area contributed by atoms with Crippen molar-refractivity contribution in [2.24, 2.45) is 0 Å². The second-order valence-electron chi connectivity index (χ2n) is 3.33. The minimum absolute atomic E-state index is 0.0161. The summed E-state index contributed by atoms with van der Waals surface area (Å²) >= 11 is 0. The van der Waals surface area contributed by atoms with E-state index < -0.39 is 17.5 Å². The minimum Gasteiger partial charge on any atom is -0.369 e. The summed E-state index contributed by atoms with van der Waals surface area (Å²) in [7, 11) is 0. The van der Waals surface area contributed by atoms with Gasteiger partial charge in [-0.2, -0.15) is 0 Å². The number of nitrogen functional groups attached to an aromatic ring is 1. The van der Waals surface area contributed by atoms with E-state index in [1.807, 2.05) is 0 Å². The van der Waals surface area contributed by atoms with Gasteiger partial charge in [-0.25, -0.2) is 18.2 Å². The first kappa shape index (κ1) is 10.5. The van der Waals surface area contributed by atoms with E-state index >= 15 is 0 Å². The molecule has 1 aromatic heterocycles. The average molecular weight is 227 g/mol. The molecule has 0 saturated carbocycles. The zero-order valence-electron chi connectivity index (χ0n) is 8.34. The van der Waals surface area contributed by atoms with Crippen LogP contribution in [0.1, 0.15) is 5.69 Å². The molecule has 0 radical (unpaired) electrons. The van der Waals surface area contributed by atoms with Crippen LogP contribution in [-0.4, -0.2) is 9.55 Å². The molecule has 0 spiro atoms. The highest BCUT2D eigenvalue weighted by Crippen LogP contribution is 2.20. The predicted octanol–water partition coefficient (Wildman–Crippen LogP) is 2.18. The fraction of sp³-hybridized carbons (Fsp3) is 0.100. The van der Waals surface area contributed by atoms with Crippen molar-refractivity contribution < 1.29 is 13.2 Å². The van der Waals surface area contributed by atoms with E-state index in [4.69, 9.17) is 5.73 Å². The van der Waals surface area contributed by atoms with Gasteiger partial charge in [0.1, 0.15) is 5.82 Å². The highest BCUT2D eigenvalue weighted by molar-refractivity contribution is 5.42. The molecular formula is C10H8F3N3. The number of anilines is 1. The van der Waals surface area contributed by atoms with E-state index in [1.54, 1.807) is 6.92 Å². The molecule has 0 saturated heterocycles. The number of aromatic nitrogens is 2. The van der Waals surface area contributed by atoms with Gasteiger partial charge in [0.05, 0.1) is 11.4 Å². The highest BCUT2D eigenvalue weighted by Gasteiger charge is 2.13. The normalized spacial score (nSPS) is 10.8. The van der Waals surface area contributed by atoms with Crippen LogP contribution in [0.4, 0.5) is 19.1 Å². The quantitative estimate of drug-likeness (QED) is 0.759. The van der Waals surface area contributed by atoms with Gasteiger partial charge in [-0.1, -0.05) is 0 Å². The van der Waals surface area contributed by atoms with Crippen molar-refractivity contribution in [2.75, 3.05) is 5.73 Å². The van der Waals surface area contributed by atoms with Crippen LogP contribution in [0.5, 0.6) is 0 Å². The zero-order valence-corrected chi connectivity index (χ0v) is 8.34. The largest absolute Gasteiger partial charge is 0.369 e. The summed E-state index contributed by atoms with van der Waals surface area (Å²) in [5, 5.41) is 0. The van der Waals surface area contributed by atoms with Gasteiger partial charge in [-0.15, -0.1) is 0 Å². The number of hydrogen-bond donors (Lipinski definition) is 1. The molecule has 6 heteroatoms. The number of benzene rings is 1. The summed E-state index contributed by atoms with van der Waals surface area (Å²) in [6.07, 6.45) is 1.44. The van der Waals surface area contributed by atoms with Crippen molar-refractivity contribution in [3.63, 3.8) is 0 Å². The smallest absolute Gasteiger partial charge is 0.205 e. The summed E-state index contributed by atoms with van der Waals surface area (Å²) in [6.45, 7) is 1.66. The molecule has 0 fully saturated rings. The Balaban J connectivity index is 2.64. The van der Waals surface area contributed by atoms with E-state index in [1.165, 1.54) is 6.20 Å². The van der Waals surface area contributed by atoms with Gasteiger partial charge in [0, 0.05) is 18.3 Å². The maximum absolute atomic E-state index is 13.4. The maximum atomic E-state index is 13.4. The number of imidazole rings is 1. The second-order valence-corrected chi connectivity index (χ2v) is 3.33. The number of nitrogens with two attached hydrogens (primary N) is 1. The topological polar surface area (TPSA) is 43.8 Å². The molecular weight excluding hydrogens is 219 g/mol. The second kappa shape index (κ2) is 3.55. The van der Waals surface area contributed by atoms with E-state index in [9.17, 15) is 13.2 Å². The van der Waals surface area contributed by atoms with Crippen LogP contribution in [0.3, 0.4) is 0 Å². The summed E-state index contributed by atoms with van der Waals surface area (Å²) in [5.41, 5.74) is 5.89. The van der Waals surface area contributed by atoms with Crippen LogP contribution >= 0.6 is 0 Å². The maximum Gasteiger partial charge on any atom is 0.205 e. The lowest BCUT2D eigenvalue weighted by molar-refractivity contribution is 0.493. The summed E-state index contributed by atoms with van der Waals surface area (Å²) in [6, 6.07) is 1.21. The molecule has 0 atom stereocenters. The minimum atomic E-state index is -1.24. The fourth-order valence-electron chi connectivity index (χ4n) is 1.41. The number of rotatable bonds is 1. The lowest BCUT2D eigenvalue weighted by Gasteiger charge is -2.06. The van der Waals surface area contributed by atoms with Gasteiger partial charge in [-0.05, 0) is 6.92 Å². The van der Waals surface area contributed by atoms with E-state index in [2.05, 4.69) is 4.98 Å². The van der Waals surface area contributed by atoms with Gasteiger partial charge >= 0.3 is 0 Å². The van der Waals surface area contributed by atoms with Crippen molar-refractivity contribution >= 4 is 5.95 Å². The Labute approximate surface area is 89.3 Å². The van der Waals surface area contributed by atoms with Crippen molar-refractivity contribution in [3.05, 3.63) is 41.5 Å². The SMILES string of the molecule is Cc1cn(-c2cc(F)c(F)cc2F)c(N)n1. The summed E-state index contributed by atoms with van der Waals surface area (Å²) in [5.74, 6) is -3.26. The zero-order chi connectivity index (χ0) is 11.9. The Kier molecular flexibility index (Phi) is 2.34. The Hall–Kier alpha value is -1.98. The Morgan fingerprint density at radius 2 is 1.75 bits per heavy atom. The van der Waals surface area contributed by atoms with Crippen LogP contribution in [-0.2, 0) is 0 Å². The predicted molar refractivity (Wildman–Crippen MR) is 52.6 cm³/mol. The molecule has 16 heavy (non-hydrogen) atoms. The van der Waals surface area contributed by atoms with Gasteiger partial charge in [0.25, 0.3) is 0 Å². The highest BCUT2D eigenvalue weighted by atomic mass is 19.2. The fourth-order valence-corrected chi connectivity index (χ4v) is 1.41. The van der Waals surface area contributed by atoms with E-state index in [0.29, 0.717) is 11.8 Å². The first-order valence-corrected chi connectivity index (χ1v) is 4.45. The molecule has 84 valence electrons. The Bertz CT molecular complexity index is 548. The molecule has 0 amide bonds. The molecule has 0 unspecified atom stereocenters. The molecule has 2 aromatic rings. The summed E-state index contributed by atoms with van der Waals surface area (Å²) < 4.78 is 40.2. The van der Waals surface area contributed by atoms with Crippen molar-refractivity contribution in [3.8, 4) is 5.69 Å². The van der Waals surface area contributed by atoms with Crippen LogP contribution in [0.25, 0.3) is 5.69 Å². The molecule has 2 N–H and O–H groups in total. The van der Waals surface area contributed by atoms with Gasteiger partial charge < -0.3 is 5.73 Å². The standard InChI is InChI=1S/C10H8F3N3/c1-5-4-16(10(14)15-5)9-3-7(12)6(11)2-8(9)13/h2-4H,1H3,(H2,14,15). The van der Waals surface area contributed by atoms with E-state index in [-0.39, 0.29) is 11.6 Å². The monoisotopic (exact) mass is 227 g/mol. The van der Waals surface area contributed by atoms with Crippen LogP contribution < -0.4 is 5.73 Å². The van der Waals surface area contributed by atoms with E-state index in [0.717, 1.165) is 10.6 Å². The average Bonchev–Trinajstić information content (AvgIpc) is 2.51. The van der Waals surface area contributed by atoms with Crippen LogP contribution in [0, 0.1) is 24.4 Å². The molecule has 3 nitrogen and oxygen atoms in total. The molecule has 1 heterocycles. The molecule has 1 aromatic carbocycles. The number of halogens is 3. The Morgan fingerprint density at radius 1 is 1.12 bits per heavy atom. The van der Waals surface area contributed by atoms with Crippen molar-refractivity contribution in [1.82, 2.24) is 9.55 Å². The third-order valence-corrected chi connectivity index (χ3v) is 2.10. The Morgan fingerprint density at radius 3 is 2.31 bits per heavy atom. The van der Waals surface area contributed by atoms with Gasteiger partial charge in [0.2, 0.25) is 5.95 Å². The third-order valence-electron chi connectivity index (χ3n) is 2.10. The molecule has 0 aliphatic heterocycles. The lowest BCUT2D eigenvalue weighted by atomic mass is 10.3. The number of nitrogens with zero attached hydrogens (tertiary/aromatic N) is 2. The molecule has 2 rings (SSSR count). The summed E-state index contributed by atoms with van der Waals surface area (Å²) in [4.78, 5) is 3.84. The first-order valence-electron chi connectivity index (χ1n) is 4.45. The number of hydrogen-bond acceptors (Lipinski definition) is 2.